The molecule has 0 saturated carbocycles. The van der Waals surface area contributed by atoms with Crippen molar-refractivity contribution in [3.8, 4) is 5.88 Å². The number of anilines is 1. The van der Waals surface area contributed by atoms with E-state index in [1.807, 2.05) is 37.3 Å². The number of carbonyl (C=O) groups excluding carboxylic acids is 1. The third kappa shape index (κ3) is 3.34. The van der Waals surface area contributed by atoms with E-state index in [2.05, 4.69) is 10.1 Å². The van der Waals surface area contributed by atoms with E-state index in [1.54, 1.807) is 35.2 Å². The fraction of sp³-hybridized carbons (Fsp3) is 0.200. The van der Waals surface area contributed by atoms with Crippen LogP contribution in [0.1, 0.15) is 21.5 Å². The fourth-order valence-electron chi connectivity index (χ4n) is 3.00. The van der Waals surface area contributed by atoms with Crippen LogP contribution in [-0.4, -0.2) is 32.8 Å². The number of aryl methyl sites for hydroxylation is 2. The average molecular weight is 393 g/mol. The lowest BCUT2D eigenvalue weighted by molar-refractivity contribution is 0.0982. The third-order valence-corrected chi connectivity index (χ3v) is 5.41. The topological polar surface area (TPSA) is 73.1 Å². The second-order valence-corrected chi connectivity index (χ2v) is 7.41. The monoisotopic (exact) mass is 393 g/mol. The van der Waals surface area contributed by atoms with Crippen LogP contribution in [0.2, 0.25) is 0 Å². The molecular weight excluding hydrogens is 374 g/mol. The Morgan fingerprint density at radius 1 is 1.29 bits per heavy atom. The summed E-state index contributed by atoms with van der Waals surface area (Å²) in [5, 5.41) is 4.84. The molecule has 0 aliphatic rings. The summed E-state index contributed by atoms with van der Waals surface area (Å²) in [4.78, 5) is 24.0. The number of aromatic nitrogens is 4. The zero-order valence-electron chi connectivity index (χ0n) is 15.8. The summed E-state index contributed by atoms with van der Waals surface area (Å²) in [7, 11) is 3.26. The maximum absolute atomic E-state index is 13.4. The number of ether oxygens (including phenoxy) is 1. The number of methoxy groups -OCH3 is 1. The van der Waals surface area contributed by atoms with Gasteiger partial charge in [-0.2, -0.15) is 0 Å². The zero-order chi connectivity index (χ0) is 19.7. The quantitative estimate of drug-likeness (QED) is 0.518. The normalized spacial score (nSPS) is 11.0. The maximum Gasteiger partial charge on any atom is 0.267 e. The number of benzene rings is 1. The molecule has 7 nitrogen and oxygen atoms in total. The Bertz CT molecular complexity index is 1140. The van der Waals surface area contributed by atoms with Gasteiger partial charge in [-0.15, -0.1) is 5.10 Å². The van der Waals surface area contributed by atoms with Gasteiger partial charge in [-0.1, -0.05) is 29.5 Å². The number of para-hydroxylation sites is 1. The Morgan fingerprint density at radius 3 is 2.86 bits per heavy atom. The van der Waals surface area contributed by atoms with Crippen LogP contribution in [0.15, 0.2) is 48.9 Å². The molecule has 0 fully saturated rings. The lowest BCUT2D eigenvalue weighted by Gasteiger charge is -2.19. The molecule has 0 aliphatic carbocycles. The van der Waals surface area contributed by atoms with Crippen LogP contribution in [-0.2, 0) is 13.6 Å². The number of carbonyl (C=O) groups is 1. The first-order valence-corrected chi connectivity index (χ1v) is 9.53. The summed E-state index contributed by atoms with van der Waals surface area (Å²) in [6.45, 7) is 2.37. The highest BCUT2D eigenvalue weighted by atomic mass is 32.1. The van der Waals surface area contributed by atoms with Crippen LogP contribution < -0.4 is 9.64 Å². The molecule has 8 heteroatoms. The Labute approximate surface area is 166 Å². The zero-order valence-corrected chi connectivity index (χ0v) is 16.6. The lowest BCUT2D eigenvalue weighted by atomic mass is 10.2. The molecule has 1 aromatic carbocycles. The number of rotatable bonds is 5. The maximum atomic E-state index is 13.4. The van der Waals surface area contributed by atoms with E-state index in [-0.39, 0.29) is 5.91 Å². The van der Waals surface area contributed by atoms with Gasteiger partial charge < -0.3 is 4.74 Å². The second-order valence-electron chi connectivity index (χ2n) is 6.40. The van der Waals surface area contributed by atoms with Crippen molar-refractivity contribution in [2.24, 2.45) is 7.05 Å². The SMILES string of the molecule is COc1nn(C)cc1C(=O)N(Cc1cccnc1)c1nc2c(C)cccc2s1. The van der Waals surface area contributed by atoms with Crippen LogP contribution >= 0.6 is 11.3 Å². The van der Waals surface area contributed by atoms with Crippen LogP contribution in [0.3, 0.4) is 0 Å². The minimum absolute atomic E-state index is 0.217. The summed E-state index contributed by atoms with van der Waals surface area (Å²) < 4.78 is 7.90. The molecular formula is C20H19N5O2S. The van der Waals surface area contributed by atoms with Crippen molar-refractivity contribution in [1.82, 2.24) is 19.7 Å². The molecule has 0 radical (unpaired) electrons. The van der Waals surface area contributed by atoms with Crippen molar-refractivity contribution in [2.45, 2.75) is 13.5 Å². The number of nitrogens with zero attached hydrogens (tertiary/aromatic N) is 5. The van der Waals surface area contributed by atoms with E-state index in [0.717, 1.165) is 21.3 Å². The van der Waals surface area contributed by atoms with Crippen molar-refractivity contribution in [3.05, 3.63) is 65.6 Å². The molecule has 0 atom stereocenters. The van der Waals surface area contributed by atoms with Gasteiger partial charge in [0.15, 0.2) is 5.13 Å². The van der Waals surface area contributed by atoms with Gasteiger partial charge in [0.2, 0.25) is 5.88 Å². The molecule has 3 aromatic heterocycles. The summed E-state index contributed by atoms with van der Waals surface area (Å²) in [5.41, 5.74) is 3.29. The molecule has 0 saturated heterocycles. The summed E-state index contributed by atoms with van der Waals surface area (Å²) in [6.07, 6.45) is 5.12. The van der Waals surface area contributed by atoms with Crippen LogP contribution in [0.5, 0.6) is 5.88 Å². The molecule has 0 N–H and O–H groups in total. The van der Waals surface area contributed by atoms with Crippen molar-refractivity contribution in [3.63, 3.8) is 0 Å². The fourth-order valence-corrected chi connectivity index (χ4v) is 4.04. The molecule has 3 heterocycles. The number of thiazole rings is 1. The van der Waals surface area contributed by atoms with Crippen molar-refractivity contribution in [1.29, 1.82) is 0 Å². The number of pyridine rings is 1. The second kappa shape index (κ2) is 7.40. The van der Waals surface area contributed by atoms with Gasteiger partial charge in [-0.25, -0.2) is 4.98 Å². The van der Waals surface area contributed by atoms with Gasteiger partial charge in [0.25, 0.3) is 5.91 Å². The largest absolute Gasteiger partial charge is 0.479 e. The molecule has 1 amide bonds. The van der Waals surface area contributed by atoms with E-state index in [0.29, 0.717) is 23.1 Å². The van der Waals surface area contributed by atoms with E-state index >= 15 is 0 Å². The van der Waals surface area contributed by atoms with E-state index in [1.165, 1.54) is 18.4 Å². The first-order valence-electron chi connectivity index (χ1n) is 8.71. The number of amides is 1. The van der Waals surface area contributed by atoms with Gasteiger partial charge in [-0.05, 0) is 30.2 Å². The highest BCUT2D eigenvalue weighted by Crippen LogP contribution is 2.33. The van der Waals surface area contributed by atoms with Gasteiger partial charge in [-0.3, -0.25) is 19.4 Å². The Balaban J connectivity index is 1.81. The molecule has 0 spiro atoms. The van der Waals surface area contributed by atoms with Crippen LogP contribution in [0.4, 0.5) is 5.13 Å². The average Bonchev–Trinajstić information content (AvgIpc) is 3.30. The molecule has 4 rings (SSSR count). The minimum atomic E-state index is -0.217. The van der Waals surface area contributed by atoms with E-state index in [9.17, 15) is 4.79 Å². The first kappa shape index (κ1) is 18.1. The molecule has 0 aliphatic heterocycles. The van der Waals surface area contributed by atoms with Crippen LogP contribution in [0, 0.1) is 6.92 Å². The van der Waals surface area contributed by atoms with E-state index < -0.39 is 0 Å². The summed E-state index contributed by atoms with van der Waals surface area (Å²) >= 11 is 1.49. The van der Waals surface area contributed by atoms with Gasteiger partial charge >= 0.3 is 0 Å². The summed E-state index contributed by atoms with van der Waals surface area (Å²) in [6, 6.07) is 9.82. The smallest absolute Gasteiger partial charge is 0.267 e. The van der Waals surface area contributed by atoms with Crippen molar-refractivity contribution in [2.75, 3.05) is 12.0 Å². The number of hydrogen-bond acceptors (Lipinski definition) is 6. The number of fused-ring (bicyclic) bond motifs is 1. The minimum Gasteiger partial charge on any atom is -0.479 e. The van der Waals surface area contributed by atoms with Crippen molar-refractivity contribution < 1.29 is 9.53 Å². The predicted octanol–water partition coefficient (Wildman–Crippen LogP) is 3.59. The first-order chi connectivity index (χ1) is 13.6. The van der Waals surface area contributed by atoms with Gasteiger partial charge in [0, 0.05) is 25.6 Å². The van der Waals surface area contributed by atoms with Crippen molar-refractivity contribution >= 4 is 32.6 Å². The Hall–Kier alpha value is -3.26. The molecule has 0 unspecified atom stereocenters. The highest BCUT2D eigenvalue weighted by molar-refractivity contribution is 7.22. The Kier molecular flexibility index (Phi) is 4.79. The molecule has 142 valence electrons. The molecule has 28 heavy (non-hydrogen) atoms. The van der Waals surface area contributed by atoms with Gasteiger partial charge in [0.1, 0.15) is 5.56 Å². The van der Waals surface area contributed by atoms with Crippen LogP contribution in [0.25, 0.3) is 10.2 Å². The van der Waals surface area contributed by atoms with Gasteiger partial charge in [0.05, 0.1) is 23.9 Å². The standard InChI is InChI=1S/C20H19N5O2S/c1-13-6-4-8-16-17(13)22-20(28-16)25(11-14-7-5-9-21-10-14)19(26)15-12-24(2)23-18(15)27-3/h4-10,12H,11H2,1-3H3. The Morgan fingerprint density at radius 2 is 2.14 bits per heavy atom. The predicted molar refractivity (Wildman–Crippen MR) is 109 cm³/mol. The summed E-state index contributed by atoms with van der Waals surface area (Å²) in [5.74, 6) is 0.0755. The molecule has 4 aromatic rings. The highest BCUT2D eigenvalue weighted by Gasteiger charge is 2.26. The lowest BCUT2D eigenvalue weighted by Crippen LogP contribution is -2.30. The van der Waals surface area contributed by atoms with E-state index in [4.69, 9.17) is 9.72 Å². The molecule has 0 bridgehead atoms. The third-order valence-electron chi connectivity index (χ3n) is 4.37. The number of hydrogen-bond donors (Lipinski definition) is 0.